The Morgan fingerprint density at radius 2 is 2.08 bits per heavy atom. The first-order valence-electron chi connectivity index (χ1n) is 8.19. The van der Waals surface area contributed by atoms with Gasteiger partial charge in [0.25, 0.3) is 0 Å². The molecule has 1 N–H and O–H groups in total. The SMILES string of the molecule is COc1ccc(NC(=O)N2CCCCCC2c2nc(C)no2)cc1. The van der Waals surface area contributed by atoms with Gasteiger partial charge in [0.1, 0.15) is 11.8 Å². The number of aryl methyl sites for hydroxylation is 1. The zero-order chi connectivity index (χ0) is 16.9. The molecule has 1 aliphatic rings. The van der Waals surface area contributed by atoms with E-state index < -0.39 is 0 Å². The number of methoxy groups -OCH3 is 1. The molecule has 3 rings (SSSR count). The molecule has 1 fully saturated rings. The van der Waals surface area contributed by atoms with Gasteiger partial charge in [0.05, 0.1) is 7.11 Å². The van der Waals surface area contributed by atoms with Crippen LogP contribution in [0.4, 0.5) is 10.5 Å². The molecule has 0 spiro atoms. The van der Waals surface area contributed by atoms with Gasteiger partial charge in [0.2, 0.25) is 5.89 Å². The molecule has 128 valence electrons. The lowest BCUT2D eigenvalue weighted by atomic mass is 10.1. The van der Waals surface area contributed by atoms with Crippen LogP contribution in [0.2, 0.25) is 0 Å². The van der Waals surface area contributed by atoms with Crippen LogP contribution >= 0.6 is 0 Å². The third-order valence-electron chi connectivity index (χ3n) is 4.18. The standard InChI is InChI=1S/C17H22N4O3/c1-12-18-16(24-20-12)15-6-4-3-5-11-21(15)17(22)19-13-7-9-14(23-2)10-8-13/h7-10,15H,3-6,11H2,1-2H3,(H,19,22). The van der Waals surface area contributed by atoms with Crippen molar-refractivity contribution in [3.8, 4) is 5.75 Å². The van der Waals surface area contributed by atoms with E-state index in [9.17, 15) is 4.79 Å². The number of carbonyl (C=O) groups excluding carboxylic acids is 1. The van der Waals surface area contributed by atoms with Gasteiger partial charge in [-0.15, -0.1) is 0 Å². The predicted octanol–water partition coefficient (Wildman–Crippen LogP) is 3.54. The molecule has 7 nitrogen and oxygen atoms in total. The van der Waals surface area contributed by atoms with Crippen molar-refractivity contribution in [3.05, 3.63) is 36.0 Å². The van der Waals surface area contributed by atoms with Crippen LogP contribution in [-0.2, 0) is 0 Å². The van der Waals surface area contributed by atoms with Gasteiger partial charge < -0.3 is 19.5 Å². The number of ether oxygens (including phenoxy) is 1. The highest BCUT2D eigenvalue weighted by Crippen LogP contribution is 2.29. The summed E-state index contributed by atoms with van der Waals surface area (Å²) in [5, 5.41) is 6.80. The Hall–Kier alpha value is -2.57. The van der Waals surface area contributed by atoms with Crippen LogP contribution in [0.5, 0.6) is 5.75 Å². The molecule has 1 unspecified atom stereocenters. The molecular formula is C17H22N4O3. The number of urea groups is 1. The van der Waals surface area contributed by atoms with Gasteiger partial charge in [-0.2, -0.15) is 4.98 Å². The first-order chi connectivity index (χ1) is 11.7. The van der Waals surface area contributed by atoms with Crippen molar-refractivity contribution in [1.29, 1.82) is 0 Å². The molecule has 0 saturated carbocycles. The molecule has 7 heteroatoms. The van der Waals surface area contributed by atoms with E-state index in [1.165, 1.54) is 0 Å². The Balaban J connectivity index is 1.76. The van der Waals surface area contributed by atoms with Crippen LogP contribution in [0.1, 0.15) is 43.4 Å². The van der Waals surface area contributed by atoms with Crippen molar-refractivity contribution >= 4 is 11.7 Å². The summed E-state index contributed by atoms with van der Waals surface area (Å²) in [7, 11) is 1.61. The molecule has 2 aromatic rings. The fourth-order valence-corrected chi connectivity index (χ4v) is 2.93. The second kappa shape index (κ2) is 7.33. The molecule has 2 heterocycles. The molecular weight excluding hydrogens is 308 g/mol. The number of nitrogens with one attached hydrogen (secondary N) is 1. The topological polar surface area (TPSA) is 80.5 Å². The second-order valence-corrected chi connectivity index (χ2v) is 5.90. The second-order valence-electron chi connectivity index (χ2n) is 5.90. The van der Waals surface area contributed by atoms with E-state index in [4.69, 9.17) is 9.26 Å². The normalized spacial score (nSPS) is 18.1. The van der Waals surface area contributed by atoms with E-state index >= 15 is 0 Å². The van der Waals surface area contributed by atoms with Gasteiger partial charge in [0, 0.05) is 12.2 Å². The summed E-state index contributed by atoms with van der Waals surface area (Å²) in [5.41, 5.74) is 0.727. The van der Waals surface area contributed by atoms with Crippen molar-refractivity contribution < 1.29 is 14.1 Å². The summed E-state index contributed by atoms with van der Waals surface area (Å²) >= 11 is 0. The lowest BCUT2D eigenvalue weighted by Gasteiger charge is -2.27. The Labute approximate surface area is 141 Å². The Morgan fingerprint density at radius 3 is 2.75 bits per heavy atom. The lowest BCUT2D eigenvalue weighted by molar-refractivity contribution is 0.171. The molecule has 1 atom stereocenters. The molecule has 2 amide bonds. The Kier molecular flexibility index (Phi) is 4.98. The third kappa shape index (κ3) is 3.67. The van der Waals surface area contributed by atoms with Crippen LogP contribution in [0.3, 0.4) is 0 Å². The van der Waals surface area contributed by atoms with E-state index in [1.54, 1.807) is 18.9 Å². The highest BCUT2D eigenvalue weighted by atomic mass is 16.5. The summed E-state index contributed by atoms with van der Waals surface area (Å²) in [4.78, 5) is 18.9. The third-order valence-corrected chi connectivity index (χ3v) is 4.18. The van der Waals surface area contributed by atoms with Gasteiger partial charge >= 0.3 is 6.03 Å². The number of carbonyl (C=O) groups is 1. The van der Waals surface area contributed by atoms with Crippen molar-refractivity contribution in [2.24, 2.45) is 0 Å². The number of rotatable bonds is 3. The van der Waals surface area contributed by atoms with Crippen molar-refractivity contribution in [3.63, 3.8) is 0 Å². The van der Waals surface area contributed by atoms with Gasteiger partial charge in [0.15, 0.2) is 5.82 Å². The maximum Gasteiger partial charge on any atom is 0.322 e. The van der Waals surface area contributed by atoms with Crippen LogP contribution < -0.4 is 10.1 Å². The fraction of sp³-hybridized carbons (Fsp3) is 0.471. The minimum absolute atomic E-state index is 0.150. The maximum atomic E-state index is 12.8. The molecule has 0 bridgehead atoms. The maximum absolute atomic E-state index is 12.8. The van der Waals surface area contributed by atoms with E-state index in [0.717, 1.165) is 37.1 Å². The fourth-order valence-electron chi connectivity index (χ4n) is 2.93. The van der Waals surface area contributed by atoms with Crippen molar-refractivity contribution in [1.82, 2.24) is 15.0 Å². The summed E-state index contributed by atoms with van der Waals surface area (Å²) in [6.45, 7) is 2.46. The van der Waals surface area contributed by atoms with E-state index in [0.29, 0.717) is 18.3 Å². The largest absolute Gasteiger partial charge is 0.497 e. The molecule has 1 saturated heterocycles. The number of aromatic nitrogens is 2. The summed E-state index contributed by atoms with van der Waals surface area (Å²) in [6, 6.07) is 6.95. The molecule has 1 aliphatic heterocycles. The van der Waals surface area contributed by atoms with Gasteiger partial charge in [-0.05, 0) is 44.0 Å². The number of likely N-dealkylation sites (tertiary alicyclic amines) is 1. The monoisotopic (exact) mass is 330 g/mol. The van der Waals surface area contributed by atoms with E-state index in [1.807, 2.05) is 24.3 Å². The van der Waals surface area contributed by atoms with Crippen LogP contribution in [-0.4, -0.2) is 34.7 Å². The molecule has 0 aliphatic carbocycles. The summed E-state index contributed by atoms with van der Waals surface area (Å²) in [6.07, 6.45) is 3.94. The number of anilines is 1. The zero-order valence-electron chi connectivity index (χ0n) is 14.0. The lowest BCUT2D eigenvalue weighted by Crippen LogP contribution is -2.38. The molecule has 1 aromatic carbocycles. The molecule has 1 aromatic heterocycles. The Morgan fingerprint density at radius 1 is 1.29 bits per heavy atom. The average Bonchev–Trinajstić information content (AvgIpc) is 2.87. The first kappa shape index (κ1) is 16.3. The van der Waals surface area contributed by atoms with Crippen molar-refractivity contribution in [2.75, 3.05) is 19.0 Å². The van der Waals surface area contributed by atoms with Gasteiger partial charge in [-0.3, -0.25) is 0 Å². The molecule has 24 heavy (non-hydrogen) atoms. The van der Waals surface area contributed by atoms with Crippen LogP contribution in [0.25, 0.3) is 0 Å². The predicted molar refractivity (Wildman–Crippen MR) is 89.0 cm³/mol. The number of amides is 2. The average molecular weight is 330 g/mol. The number of nitrogens with zero attached hydrogens (tertiary/aromatic N) is 3. The van der Waals surface area contributed by atoms with E-state index in [-0.39, 0.29) is 12.1 Å². The van der Waals surface area contributed by atoms with Crippen LogP contribution in [0.15, 0.2) is 28.8 Å². The smallest absolute Gasteiger partial charge is 0.322 e. The minimum atomic E-state index is -0.174. The Bertz CT molecular complexity index is 683. The van der Waals surface area contributed by atoms with E-state index in [2.05, 4.69) is 15.5 Å². The highest BCUT2D eigenvalue weighted by Gasteiger charge is 2.30. The van der Waals surface area contributed by atoms with Gasteiger partial charge in [-0.25, -0.2) is 4.79 Å². The number of benzene rings is 1. The molecule has 0 radical (unpaired) electrons. The number of hydrogen-bond donors (Lipinski definition) is 1. The quantitative estimate of drug-likeness (QED) is 0.931. The zero-order valence-corrected chi connectivity index (χ0v) is 14.0. The highest BCUT2D eigenvalue weighted by molar-refractivity contribution is 5.89. The first-order valence-corrected chi connectivity index (χ1v) is 8.19. The number of hydrogen-bond acceptors (Lipinski definition) is 5. The van der Waals surface area contributed by atoms with Crippen molar-refractivity contribution in [2.45, 2.75) is 38.6 Å². The summed E-state index contributed by atoms with van der Waals surface area (Å²) in [5.74, 6) is 1.85. The van der Waals surface area contributed by atoms with Gasteiger partial charge in [-0.1, -0.05) is 18.0 Å². The van der Waals surface area contributed by atoms with Crippen LogP contribution in [0, 0.1) is 6.92 Å². The minimum Gasteiger partial charge on any atom is -0.497 e. The summed E-state index contributed by atoms with van der Waals surface area (Å²) < 4.78 is 10.5.